The van der Waals surface area contributed by atoms with E-state index in [4.69, 9.17) is 5.26 Å². The second-order valence-electron chi connectivity index (χ2n) is 2.49. The number of sulfone groups is 1. The quantitative estimate of drug-likeness (QED) is 0.701. The van der Waals surface area contributed by atoms with Crippen molar-refractivity contribution < 1.29 is 17.2 Å². The highest BCUT2D eigenvalue weighted by molar-refractivity contribution is 7.91. The number of nitrogens with zero attached hydrogens (tertiary/aromatic N) is 1. The lowest BCUT2D eigenvalue weighted by Crippen LogP contribution is -2.05. The van der Waals surface area contributed by atoms with Gasteiger partial charge in [0.1, 0.15) is 5.75 Å². The Morgan fingerprint density at radius 2 is 1.93 bits per heavy atom. The molecule has 0 amide bonds. The molecule has 0 aliphatic heterocycles. The third-order valence-electron chi connectivity index (χ3n) is 1.50. The van der Waals surface area contributed by atoms with Crippen molar-refractivity contribution in [3.63, 3.8) is 0 Å². The van der Waals surface area contributed by atoms with E-state index >= 15 is 0 Å². The standard InChI is InChI=1S/C8H5F2NO2S/c9-7-2-1-6(5-8(7)10)14(12,13)4-3-11/h1-2,5H,4H2. The van der Waals surface area contributed by atoms with Gasteiger partial charge in [-0.15, -0.1) is 0 Å². The minimum atomic E-state index is -3.82. The molecule has 0 aliphatic rings. The van der Waals surface area contributed by atoms with Gasteiger partial charge in [0.15, 0.2) is 21.5 Å². The number of benzene rings is 1. The molecular weight excluding hydrogens is 212 g/mol. The maximum Gasteiger partial charge on any atom is 0.191 e. The molecule has 0 saturated carbocycles. The average Bonchev–Trinajstić information content (AvgIpc) is 2.09. The van der Waals surface area contributed by atoms with Crippen LogP contribution >= 0.6 is 0 Å². The fraction of sp³-hybridized carbons (Fsp3) is 0.125. The molecule has 14 heavy (non-hydrogen) atoms. The van der Waals surface area contributed by atoms with E-state index in [1.54, 1.807) is 0 Å². The van der Waals surface area contributed by atoms with Crippen molar-refractivity contribution in [3.05, 3.63) is 29.8 Å². The summed E-state index contributed by atoms with van der Waals surface area (Å²) < 4.78 is 47.4. The van der Waals surface area contributed by atoms with E-state index in [9.17, 15) is 17.2 Å². The normalized spacial score (nSPS) is 10.9. The van der Waals surface area contributed by atoms with Crippen LogP contribution in [0.5, 0.6) is 0 Å². The highest BCUT2D eigenvalue weighted by atomic mass is 32.2. The van der Waals surface area contributed by atoms with E-state index in [0.717, 1.165) is 6.07 Å². The summed E-state index contributed by atoms with van der Waals surface area (Å²) in [6.07, 6.45) is 0. The summed E-state index contributed by atoms with van der Waals surface area (Å²) in [5, 5.41) is 8.19. The second kappa shape index (κ2) is 3.72. The van der Waals surface area contributed by atoms with Crippen LogP contribution in [0.4, 0.5) is 8.78 Å². The molecule has 6 heteroatoms. The minimum absolute atomic E-state index is 0.391. The molecular formula is C8H5F2NO2S. The predicted molar refractivity (Wildman–Crippen MR) is 44.0 cm³/mol. The van der Waals surface area contributed by atoms with Crippen LogP contribution in [0.2, 0.25) is 0 Å². The molecule has 0 bridgehead atoms. The molecule has 3 nitrogen and oxygen atoms in total. The Kier molecular flexibility index (Phi) is 2.81. The summed E-state index contributed by atoms with van der Waals surface area (Å²) in [6.45, 7) is 0. The summed E-state index contributed by atoms with van der Waals surface area (Å²) in [7, 11) is -3.82. The monoisotopic (exact) mass is 217 g/mol. The smallest absolute Gasteiger partial charge is 0.191 e. The highest BCUT2D eigenvalue weighted by Crippen LogP contribution is 2.14. The van der Waals surface area contributed by atoms with Crippen molar-refractivity contribution in [2.24, 2.45) is 0 Å². The minimum Gasteiger partial charge on any atom is -0.223 e. The topological polar surface area (TPSA) is 57.9 Å². The molecule has 0 aliphatic carbocycles. The van der Waals surface area contributed by atoms with Gasteiger partial charge in [-0.2, -0.15) is 5.26 Å². The number of halogens is 2. The zero-order valence-electron chi connectivity index (χ0n) is 6.87. The summed E-state index contributed by atoms with van der Waals surface area (Å²) in [6, 6.07) is 3.62. The van der Waals surface area contributed by atoms with Crippen LogP contribution in [0, 0.1) is 23.0 Å². The van der Waals surface area contributed by atoms with Gasteiger partial charge in [0.2, 0.25) is 0 Å². The first kappa shape index (κ1) is 10.6. The lowest BCUT2D eigenvalue weighted by molar-refractivity contribution is 0.504. The van der Waals surface area contributed by atoms with Crippen LogP contribution < -0.4 is 0 Å². The van der Waals surface area contributed by atoms with E-state index in [2.05, 4.69) is 0 Å². The van der Waals surface area contributed by atoms with Crippen molar-refractivity contribution >= 4 is 9.84 Å². The lowest BCUT2D eigenvalue weighted by Gasteiger charge is -1.99. The zero-order chi connectivity index (χ0) is 10.8. The van der Waals surface area contributed by atoms with Gasteiger partial charge < -0.3 is 0 Å². The van der Waals surface area contributed by atoms with Crippen molar-refractivity contribution in [2.45, 2.75) is 4.90 Å². The summed E-state index contributed by atoms with van der Waals surface area (Å²) in [5.41, 5.74) is 0. The Morgan fingerprint density at radius 3 is 2.43 bits per heavy atom. The zero-order valence-corrected chi connectivity index (χ0v) is 7.68. The molecule has 1 aromatic carbocycles. The predicted octanol–water partition coefficient (Wildman–Crippen LogP) is 1.26. The van der Waals surface area contributed by atoms with Gasteiger partial charge in [0.05, 0.1) is 11.0 Å². The Hall–Kier alpha value is -1.48. The highest BCUT2D eigenvalue weighted by Gasteiger charge is 2.15. The van der Waals surface area contributed by atoms with E-state index in [-0.39, 0.29) is 0 Å². The van der Waals surface area contributed by atoms with Crippen LogP contribution in [-0.2, 0) is 9.84 Å². The third kappa shape index (κ3) is 2.06. The maximum absolute atomic E-state index is 12.6. The van der Waals surface area contributed by atoms with E-state index in [1.165, 1.54) is 6.07 Å². The first-order valence-corrected chi connectivity index (χ1v) is 5.17. The molecule has 0 saturated heterocycles. The molecule has 1 aromatic rings. The molecule has 0 radical (unpaired) electrons. The number of hydrogen-bond donors (Lipinski definition) is 0. The molecule has 0 heterocycles. The third-order valence-corrected chi connectivity index (χ3v) is 2.99. The molecule has 0 N–H and O–H groups in total. The van der Waals surface area contributed by atoms with Crippen molar-refractivity contribution in [2.75, 3.05) is 5.75 Å². The summed E-state index contributed by atoms with van der Waals surface area (Å²) in [5.74, 6) is -3.12. The molecule has 0 atom stereocenters. The van der Waals surface area contributed by atoms with Crippen LogP contribution in [0.15, 0.2) is 23.1 Å². The van der Waals surface area contributed by atoms with Crippen LogP contribution in [0.3, 0.4) is 0 Å². The van der Waals surface area contributed by atoms with Crippen LogP contribution in [0.1, 0.15) is 0 Å². The fourth-order valence-electron chi connectivity index (χ4n) is 0.839. The Balaban J connectivity index is 3.23. The van der Waals surface area contributed by atoms with Gasteiger partial charge in [-0.25, -0.2) is 17.2 Å². The van der Waals surface area contributed by atoms with Gasteiger partial charge in [-0.05, 0) is 18.2 Å². The number of hydrogen-bond acceptors (Lipinski definition) is 3. The molecule has 74 valence electrons. The van der Waals surface area contributed by atoms with Gasteiger partial charge in [0.25, 0.3) is 0 Å². The summed E-state index contributed by atoms with van der Waals surface area (Å²) >= 11 is 0. The van der Waals surface area contributed by atoms with E-state index < -0.39 is 32.1 Å². The molecule has 1 rings (SSSR count). The maximum atomic E-state index is 12.6. The van der Waals surface area contributed by atoms with Gasteiger partial charge in [-0.1, -0.05) is 0 Å². The first-order chi connectivity index (χ1) is 6.47. The molecule has 0 spiro atoms. The number of rotatable bonds is 2. The van der Waals surface area contributed by atoms with E-state index in [1.807, 2.05) is 0 Å². The average molecular weight is 217 g/mol. The first-order valence-electron chi connectivity index (χ1n) is 3.52. The summed E-state index contributed by atoms with van der Waals surface area (Å²) in [4.78, 5) is -0.391. The molecule has 0 aromatic heterocycles. The van der Waals surface area contributed by atoms with Crippen molar-refractivity contribution in [1.82, 2.24) is 0 Å². The van der Waals surface area contributed by atoms with Gasteiger partial charge in [-0.3, -0.25) is 0 Å². The Labute approximate surface area is 79.5 Å². The second-order valence-corrected chi connectivity index (χ2v) is 4.48. The number of nitriles is 1. The lowest BCUT2D eigenvalue weighted by atomic mass is 10.3. The Morgan fingerprint density at radius 1 is 1.29 bits per heavy atom. The van der Waals surface area contributed by atoms with Crippen LogP contribution in [-0.4, -0.2) is 14.2 Å². The Bertz CT molecular complexity index is 491. The van der Waals surface area contributed by atoms with E-state index in [0.29, 0.717) is 12.1 Å². The molecule has 0 fully saturated rings. The largest absolute Gasteiger partial charge is 0.223 e. The van der Waals surface area contributed by atoms with Crippen molar-refractivity contribution in [1.29, 1.82) is 5.26 Å². The van der Waals surface area contributed by atoms with Gasteiger partial charge in [0, 0.05) is 0 Å². The van der Waals surface area contributed by atoms with Gasteiger partial charge >= 0.3 is 0 Å². The van der Waals surface area contributed by atoms with Crippen molar-refractivity contribution in [3.8, 4) is 6.07 Å². The fourth-order valence-corrected chi connectivity index (χ4v) is 1.73. The van der Waals surface area contributed by atoms with Crippen LogP contribution in [0.25, 0.3) is 0 Å². The SMILES string of the molecule is N#CCS(=O)(=O)c1ccc(F)c(F)c1. The molecule has 0 unspecified atom stereocenters.